The summed E-state index contributed by atoms with van der Waals surface area (Å²) >= 11 is 6.22. The number of hydrogen-bond acceptors (Lipinski definition) is 2. The molecule has 1 aromatic heterocycles. The number of benzene rings is 1. The Bertz CT molecular complexity index is 605. The van der Waals surface area contributed by atoms with Gasteiger partial charge in [0.15, 0.2) is 0 Å². The van der Waals surface area contributed by atoms with Crippen molar-refractivity contribution in [2.24, 2.45) is 11.8 Å². The summed E-state index contributed by atoms with van der Waals surface area (Å²) in [6, 6.07) is 7.65. The van der Waals surface area contributed by atoms with Crippen molar-refractivity contribution in [1.82, 2.24) is 4.98 Å². The molecule has 1 aliphatic rings. The van der Waals surface area contributed by atoms with Crippen molar-refractivity contribution < 1.29 is 5.11 Å². The Kier molecular flexibility index (Phi) is 3.95. The summed E-state index contributed by atoms with van der Waals surface area (Å²) in [5.41, 5.74) is 1.76. The second-order valence-corrected chi connectivity index (χ2v) is 6.41. The van der Waals surface area contributed by atoms with Crippen LogP contribution in [0.5, 0.6) is 0 Å². The summed E-state index contributed by atoms with van der Waals surface area (Å²) < 4.78 is 0. The lowest BCUT2D eigenvalue weighted by atomic mass is 9.78. The van der Waals surface area contributed by atoms with Gasteiger partial charge in [0.1, 0.15) is 0 Å². The molecular weight excluding hydrogens is 270 g/mol. The van der Waals surface area contributed by atoms with E-state index in [1.54, 1.807) is 6.20 Å². The number of fused-ring (bicyclic) bond motifs is 1. The Morgan fingerprint density at radius 3 is 2.70 bits per heavy atom. The predicted molar refractivity (Wildman–Crippen MR) is 82.8 cm³/mol. The summed E-state index contributed by atoms with van der Waals surface area (Å²) in [7, 11) is 0. The van der Waals surface area contributed by atoms with Crippen molar-refractivity contribution in [2.45, 2.75) is 38.7 Å². The van der Waals surface area contributed by atoms with Crippen molar-refractivity contribution in [3.63, 3.8) is 0 Å². The van der Waals surface area contributed by atoms with Crippen molar-refractivity contribution in [3.05, 3.63) is 41.0 Å². The Morgan fingerprint density at radius 1 is 1.20 bits per heavy atom. The first-order valence-corrected chi connectivity index (χ1v) is 7.76. The minimum atomic E-state index is -0.433. The molecule has 1 aliphatic carbocycles. The third-order valence-corrected chi connectivity index (χ3v) is 4.90. The van der Waals surface area contributed by atoms with Crippen molar-refractivity contribution in [1.29, 1.82) is 0 Å². The third kappa shape index (κ3) is 2.55. The van der Waals surface area contributed by atoms with E-state index in [2.05, 4.69) is 11.9 Å². The summed E-state index contributed by atoms with van der Waals surface area (Å²) in [5.74, 6) is 1.14. The van der Waals surface area contributed by atoms with Gasteiger partial charge in [-0.1, -0.05) is 37.4 Å². The zero-order chi connectivity index (χ0) is 14.1. The molecule has 106 valence electrons. The number of aromatic nitrogens is 1. The monoisotopic (exact) mass is 289 g/mol. The molecule has 0 aliphatic heterocycles. The van der Waals surface area contributed by atoms with Crippen LogP contribution >= 0.6 is 11.6 Å². The number of nitrogens with zero attached hydrogens (tertiary/aromatic N) is 1. The molecule has 1 saturated carbocycles. The number of halogens is 1. The number of aliphatic hydroxyl groups is 1. The Hall–Kier alpha value is -1.12. The van der Waals surface area contributed by atoms with Gasteiger partial charge < -0.3 is 5.11 Å². The van der Waals surface area contributed by atoms with Crippen LogP contribution in [0.4, 0.5) is 0 Å². The zero-order valence-corrected chi connectivity index (χ0v) is 12.5. The smallest absolute Gasteiger partial charge is 0.0839 e. The van der Waals surface area contributed by atoms with Gasteiger partial charge >= 0.3 is 0 Å². The maximum absolute atomic E-state index is 10.7. The van der Waals surface area contributed by atoms with E-state index in [1.807, 2.05) is 24.3 Å². The average Bonchev–Trinajstić information content (AvgIpc) is 2.48. The van der Waals surface area contributed by atoms with Gasteiger partial charge in [0, 0.05) is 22.2 Å². The highest BCUT2D eigenvalue weighted by Crippen LogP contribution is 2.39. The highest BCUT2D eigenvalue weighted by Gasteiger charge is 2.27. The van der Waals surface area contributed by atoms with Crippen molar-refractivity contribution >= 4 is 22.5 Å². The average molecular weight is 290 g/mol. The fourth-order valence-electron chi connectivity index (χ4n) is 3.25. The van der Waals surface area contributed by atoms with Crippen LogP contribution in [-0.2, 0) is 0 Å². The molecule has 0 spiro atoms. The van der Waals surface area contributed by atoms with Crippen LogP contribution in [0.3, 0.4) is 0 Å². The highest BCUT2D eigenvalue weighted by molar-refractivity contribution is 6.35. The molecule has 0 amide bonds. The molecule has 3 rings (SSSR count). The van der Waals surface area contributed by atoms with Gasteiger partial charge in [-0.2, -0.15) is 0 Å². The minimum Gasteiger partial charge on any atom is -0.388 e. The summed E-state index contributed by atoms with van der Waals surface area (Å²) in [4.78, 5) is 4.43. The molecule has 0 radical (unpaired) electrons. The normalized spacial score (nSPS) is 24.8. The number of aliphatic hydroxyl groups excluding tert-OH is 1. The summed E-state index contributed by atoms with van der Waals surface area (Å²) in [6.07, 6.45) is 5.94. The second-order valence-electron chi connectivity index (χ2n) is 6.00. The topological polar surface area (TPSA) is 33.1 Å². The molecule has 1 aromatic carbocycles. The van der Waals surface area contributed by atoms with Gasteiger partial charge in [-0.3, -0.25) is 4.98 Å². The molecule has 2 nitrogen and oxygen atoms in total. The Balaban J connectivity index is 1.95. The SMILES string of the molecule is CC1CCC(C(O)c2ccc(Cl)c3cccnc23)CC1. The first-order valence-electron chi connectivity index (χ1n) is 7.38. The lowest BCUT2D eigenvalue weighted by Gasteiger charge is -2.30. The molecule has 1 atom stereocenters. The molecule has 1 unspecified atom stereocenters. The molecular formula is C17H20ClNO. The van der Waals surface area contributed by atoms with E-state index in [0.717, 1.165) is 35.2 Å². The van der Waals surface area contributed by atoms with Gasteiger partial charge in [0.05, 0.1) is 11.6 Å². The minimum absolute atomic E-state index is 0.345. The van der Waals surface area contributed by atoms with E-state index in [9.17, 15) is 5.11 Å². The lowest BCUT2D eigenvalue weighted by molar-refractivity contribution is 0.0766. The number of rotatable bonds is 2. The third-order valence-electron chi connectivity index (χ3n) is 4.57. The fraction of sp³-hybridized carbons (Fsp3) is 0.471. The van der Waals surface area contributed by atoms with Gasteiger partial charge in [-0.15, -0.1) is 0 Å². The van der Waals surface area contributed by atoms with Crippen LogP contribution in [0.1, 0.15) is 44.3 Å². The Morgan fingerprint density at radius 2 is 1.95 bits per heavy atom. The molecule has 20 heavy (non-hydrogen) atoms. The van der Waals surface area contributed by atoms with E-state index in [4.69, 9.17) is 11.6 Å². The van der Waals surface area contributed by atoms with Crippen LogP contribution in [0.2, 0.25) is 5.02 Å². The standard InChI is InChI=1S/C17H20ClNO/c1-11-4-6-12(7-5-11)17(20)14-8-9-15(18)13-3-2-10-19-16(13)14/h2-3,8-12,17,20H,4-7H2,1H3. The molecule has 1 fully saturated rings. The van der Waals surface area contributed by atoms with Crippen LogP contribution in [0, 0.1) is 11.8 Å². The lowest BCUT2D eigenvalue weighted by Crippen LogP contribution is -2.19. The number of hydrogen-bond donors (Lipinski definition) is 1. The first-order chi connectivity index (χ1) is 9.66. The van der Waals surface area contributed by atoms with Gasteiger partial charge in [-0.25, -0.2) is 0 Å². The van der Waals surface area contributed by atoms with Crippen LogP contribution < -0.4 is 0 Å². The van der Waals surface area contributed by atoms with E-state index in [1.165, 1.54) is 12.8 Å². The molecule has 0 bridgehead atoms. The Labute approximate surface area is 124 Å². The van der Waals surface area contributed by atoms with Gasteiger partial charge in [0.25, 0.3) is 0 Å². The van der Waals surface area contributed by atoms with E-state index in [-0.39, 0.29) is 0 Å². The van der Waals surface area contributed by atoms with Crippen molar-refractivity contribution in [3.8, 4) is 0 Å². The molecule has 0 saturated heterocycles. The molecule has 1 N–H and O–H groups in total. The van der Waals surface area contributed by atoms with Crippen molar-refractivity contribution in [2.75, 3.05) is 0 Å². The molecule has 1 heterocycles. The maximum Gasteiger partial charge on any atom is 0.0839 e. The van der Waals surface area contributed by atoms with E-state index in [0.29, 0.717) is 10.9 Å². The van der Waals surface area contributed by atoms with Crippen LogP contribution in [-0.4, -0.2) is 10.1 Å². The highest BCUT2D eigenvalue weighted by atomic mass is 35.5. The number of pyridine rings is 1. The second kappa shape index (κ2) is 5.71. The summed E-state index contributed by atoms with van der Waals surface area (Å²) in [6.45, 7) is 2.29. The fourth-order valence-corrected chi connectivity index (χ4v) is 3.47. The first kappa shape index (κ1) is 13.8. The van der Waals surface area contributed by atoms with E-state index >= 15 is 0 Å². The quantitative estimate of drug-likeness (QED) is 0.865. The van der Waals surface area contributed by atoms with Crippen LogP contribution in [0.25, 0.3) is 10.9 Å². The molecule has 3 heteroatoms. The maximum atomic E-state index is 10.7. The van der Waals surface area contributed by atoms with Gasteiger partial charge in [-0.05, 0) is 42.9 Å². The van der Waals surface area contributed by atoms with Crippen LogP contribution in [0.15, 0.2) is 30.5 Å². The summed E-state index contributed by atoms with van der Waals surface area (Å²) in [5, 5.41) is 12.4. The zero-order valence-electron chi connectivity index (χ0n) is 11.7. The molecule has 2 aromatic rings. The van der Waals surface area contributed by atoms with Gasteiger partial charge in [0.2, 0.25) is 0 Å². The predicted octanol–water partition coefficient (Wildman–Crippen LogP) is 4.75. The largest absolute Gasteiger partial charge is 0.388 e. The van der Waals surface area contributed by atoms with E-state index < -0.39 is 6.10 Å².